The van der Waals surface area contributed by atoms with Crippen LogP contribution in [0, 0.1) is 6.92 Å². The summed E-state index contributed by atoms with van der Waals surface area (Å²) in [5.74, 6) is -0.0513. The van der Waals surface area contributed by atoms with Crippen LogP contribution in [0.1, 0.15) is 46.6 Å². The van der Waals surface area contributed by atoms with Crippen molar-refractivity contribution >= 4 is 16.7 Å². The number of aryl methyl sites for hydroxylation is 1. The second-order valence-corrected chi connectivity index (χ2v) is 7.35. The number of benzene rings is 2. The summed E-state index contributed by atoms with van der Waals surface area (Å²) in [6, 6.07) is 14.6. The number of carbonyl (C=O) groups is 1. The number of aliphatic hydroxyl groups is 1. The molecule has 2 aromatic carbocycles. The van der Waals surface area contributed by atoms with Gasteiger partial charge >= 0.3 is 0 Å². The second kappa shape index (κ2) is 7.16. The van der Waals surface area contributed by atoms with Gasteiger partial charge in [0.15, 0.2) is 5.69 Å². The SMILES string of the molecule is CCc1[nH]nc(C(=O)N2CC[C@@H](c3ccc4ccccc4c3)[C@H](O)C2)c1C. The van der Waals surface area contributed by atoms with Gasteiger partial charge in [-0.1, -0.05) is 49.4 Å². The van der Waals surface area contributed by atoms with Gasteiger partial charge in [0, 0.05) is 30.3 Å². The third-order valence-electron chi connectivity index (χ3n) is 5.74. The summed E-state index contributed by atoms with van der Waals surface area (Å²) < 4.78 is 0. The number of likely N-dealkylation sites (tertiary alicyclic amines) is 1. The molecule has 2 atom stereocenters. The smallest absolute Gasteiger partial charge is 0.274 e. The van der Waals surface area contributed by atoms with E-state index in [0.717, 1.165) is 29.7 Å². The quantitative estimate of drug-likeness (QED) is 0.749. The van der Waals surface area contributed by atoms with Crippen molar-refractivity contribution in [2.24, 2.45) is 0 Å². The molecule has 27 heavy (non-hydrogen) atoms. The molecule has 1 aromatic heterocycles. The number of hydrogen-bond donors (Lipinski definition) is 2. The molecule has 1 amide bonds. The summed E-state index contributed by atoms with van der Waals surface area (Å²) in [5, 5.41) is 20.3. The van der Waals surface area contributed by atoms with Crippen LogP contribution >= 0.6 is 0 Å². The number of nitrogens with zero attached hydrogens (tertiary/aromatic N) is 2. The van der Waals surface area contributed by atoms with Crippen molar-refractivity contribution in [3.63, 3.8) is 0 Å². The fraction of sp³-hybridized carbons (Fsp3) is 0.364. The van der Waals surface area contributed by atoms with E-state index in [4.69, 9.17) is 0 Å². The highest BCUT2D eigenvalue weighted by atomic mass is 16.3. The Balaban J connectivity index is 1.51. The first kappa shape index (κ1) is 17.7. The number of aromatic nitrogens is 2. The first-order valence-electron chi connectivity index (χ1n) is 9.58. The van der Waals surface area contributed by atoms with Gasteiger partial charge in [0.25, 0.3) is 5.91 Å². The molecule has 1 aliphatic heterocycles. The van der Waals surface area contributed by atoms with Gasteiger partial charge in [-0.15, -0.1) is 0 Å². The summed E-state index contributed by atoms with van der Waals surface area (Å²) in [7, 11) is 0. The molecule has 1 aliphatic rings. The summed E-state index contributed by atoms with van der Waals surface area (Å²) >= 11 is 0. The van der Waals surface area contributed by atoms with Crippen LogP contribution in [0.5, 0.6) is 0 Å². The molecule has 3 aromatic rings. The highest BCUT2D eigenvalue weighted by Crippen LogP contribution is 2.31. The van der Waals surface area contributed by atoms with Crippen molar-refractivity contribution in [3.8, 4) is 0 Å². The summed E-state index contributed by atoms with van der Waals surface area (Å²) in [4.78, 5) is 14.6. The van der Waals surface area contributed by atoms with E-state index in [-0.39, 0.29) is 11.8 Å². The van der Waals surface area contributed by atoms with Crippen LogP contribution in [0.25, 0.3) is 10.8 Å². The molecular weight excluding hydrogens is 338 g/mol. The van der Waals surface area contributed by atoms with Crippen LogP contribution in [-0.4, -0.2) is 45.3 Å². The largest absolute Gasteiger partial charge is 0.391 e. The van der Waals surface area contributed by atoms with E-state index in [9.17, 15) is 9.90 Å². The van der Waals surface area contributed by atoms with E-state index in [1.54, 1.807) is 4.90 Å². The average molecular weight is 363 g/mol. The van der Waals surface area contributed by atoms with Crippen LogP contribution in [0.3, 0.4) is 0 Å². The Hall–Kier alpha value is -2.66. The lowest BCUT2D eigenvalue weighted by molar-refractivity contribution is 0.0377. The van der Waals surface area contributed by atoms with Gasteiger partial charge in [0.2, 0.25) is 0 Å². The molecule has 2 heterocycles. The first-order valence-corrected chi connectivity index (χ1v) is 9.58. The normalized spacial score (nSPS) is 20.2. The molecule has 4 rings (SSSR count). The van der Waals surface area contributed by atoms with Crippen molar-refractivity contribution < 1.29 is 9.90 Å². The van der Waals surface area contributed by atoms with Crippen LogP contribution in [0.4, 0.5) is 0 Å². The van der Waals surface area contributed by atoms with Crippen LogP contribution in [-0.2, 0) is 6.42 Å². The van der Waals surface area contributed by atoms with Gasteiger partial charge in [0.1, 0.15) is 0 Å². The minimum Gasteiger partial charge on any atom is -0.391 e. The van der Waals surface area contributed by atoms with E-state index in [2.05, 4.69) is 40.5 Å². The zero-order chi connectivity index (χ0) is 19.0. The van der Waals surface area contributed by atoms with Crippen molar-refractivity contribution in [2.75, 3.05) is 13.1 Å². The van der Waals surface area contributed by atoms with Gasteiger partial charge in [-0.25, -0.2) is 0 Å². The molecule has 0 aliphatic carbocycles. The van der Waals surface area contributed by atoms with Crippen LogP contribution < -0.4 is 0 Å². The minimum atomic E-state index is -0.575. The number of rotatable bonds is 3. The number of amides is 1. The molecule has 1 saturated heterocycles. The van der Waals surface area contributed by atoms with Gasteiger partial charge in [0.05, 0.1) is 6.10 Å². The molecule has 0 bridgehead atoms. The minimum absolute atomic E-state index is 0.0464. The predicted molar refractivity (Wildman–Crippen MR) is 106 cm³/mol. The van der Waals surface area contributed by atoms with Gasteiger partial charge in [-0.2, -0.15) is 5.10 Å². The Morgan fingerprint density at radius 3 is 2.74 bits per heavy atom. The topological polar surface area (TPSA) is 69.2 Å². The van der Waals surface area contributed by atoms with Crippen LogP contribution in [0.2, 0.25) is 0 Å². The Morgan fingerprint density at radius 1 is 1.26 bits per heavy atom. The number of fused-ring (bicyclic) bond motifs is 1. The first-order chi connectivity index (χ1) is 13.1. The third kappa shape index (κ3) is 3.23. The van der Waals surface area contributed by atoms with Crippen molar-refractivity contribution in [1.82, 2.24) is 15.1 Å². The lowest BCUT2D eigenvalue weighted by Crippen LogP contribution is -2.46. The van der Waals surface area contributed by atoms with Gasteiger partial charge in [-0.3, -0.25) is 9.89 Å². The van der Waals surface area contributed by atoms with Gasteiger partial charge < -0.3 is 10.0 Å². The lowest BCUT2D eigenvalue weighted by atomic mass is 9.86. The number of nitrogens with one attached hydrogen (secondary N) is 1. The number of carbonyl (C=O) groups excluding carboxylic acids is 1. The number of piperidine rings is 1. The van der Waals surface area contributed by atoms with E-state index in [1.807, 2.05) is 26.0 Å². The van der Waals surface area contributed by atoms with E-state index >= 15 is 0 Å². The molecule has 5 heteroatoms. The van der Waals surface area contributed by atoms with Crippen molar-refractivity contribution in [2.45, 2.75) is 38.7 Å². The predicted octanol–water partition coefficient (Wildman–Crippen LogP) is 3.42. The Morgan fingerprint density at radius 2 is 2.04 bits per heavy atom. The van der Waals surface area contributed by atoms with E-state index < -0.39 is 6.10 Å². The lowest BCUT2D eigenvalue weighted by Gasteiger charge is -2.36. The maximum absolute atomic E-state index is 12.8. The zero-order valence-electron chi connectivity index (χ0n) is 15.8. The van der Waals surface area contributed by atoms with E-state index in [1.165, 1.54) is 10.8 Å². The van der Waals surface area contributed by atoms with E-state index in [0.29, 0.717) is 18.8 Å². The molecule has 140 valence electrons. The zero-order valence-corrected chi connectivity index (χ0v) is 15.8. The summed E-state index contributed by atoms with van der Waals surface area (Å²) in [6.45, 7) is 4.92. The third-order valence-corrected chi connectivity index (χ3v) is 5.74. The second-order valence-electron chi connectivity index (χ2n) is 7.35. The number of aromatic amines is 1. The Labute approximate surface area is 159 Å². The fourth-order valence-corrected chi connectivity index (χ4v) is 4.08. The number of hydrogen-bond acceptors (Lipinski definition) is 3. The average Bonchev–Trinajstić information content (AvgIpc) is 3.07. The van der Waals surface area contributed by atoms with Gasteiger partial charge in [-0.05, 0) is 36.1 Å². The summed E-state index contributed by atoms with van der Waals surface area (Å²) in [5.41, 5.74) is 3.51. The Kier molecular flexibility index (Phi) is 4.70. The molecule has 0 saturated carbocycles. The Bertz CT molecular complexity index is 979. The molecule has 2 N–H and O–H groups in total. The number of H-pyrrole nitrogens is 1. The van der Waals surface area contributed by atoms with Crippen LogP contribution in [0.15, 0.2) is 42.5 Å². The molecule has 0 radical (unpaired) electrons. The molecular formula is C22H25N3O2. The molecule has 5 nitrogen and oxygen atoms in total. The fourth-order valence-electron chi connectivity index (χ4n) is 4.08. The van der Waals surface area contributed by atoms with Crippen molar-refractivity contribution in [3.05, 3.63) is 65.0 Å². The maximum Gasteiger partial charge on any atom is 0.274 e. The highest BCUT2D eigenvalue weighted by Gasteiger charge is 2.33. The molecule has 1 fully saturated rings. The highest BCUT2D eigenvalue weighted by molar-refractivity contribution is 5.94. The number of β-amino-alcohol motifs (C(OH)–C–C–N with tert-alkyl or cyclic N) is 1. The number of aliphatic hydroxyl groups excluding tert-OH is 1. The van der Waals surface area contributed by atoms with Crippen molar-refractivity contribution in [1.29, 1.82) is 0 Å². The summed E-state index contributed by atoms with van der Waals surface area (Å²) in [6.07, 6.45) is 0.988. The maximum atomic E-state index is 12.8. The monoisotopic (exact) mass is 363 g/mol. The standard InChI is InChI=1S/C22H25N3O2/c1-3-19-14(2)21(24-23-19)22(27)25-11-10-18(20(26)13-25)17-9-8-15-6-4-5-7-16(15)12-17/h4-9,12,18,20,26H,3,10-11,13H2,1-2H3,(H,23,24)/t18-,20+/m0/s1. The molecule has 0 spiro atoms. The molecule has 0 unspecified atom stereocenters.